The van der Waals surface area contributed by atoms with Gasteiger partial charge in [0, 0.05) is 4.47 Å². The van der Waals surface area contributed by atoms with Gasteiger partial charge in [0.1, 0.15) is 5.82 Å². The van der Waals surface area contributed by atoms with Gasteiger partial charge in [-0.1, -0.05) is 46.3 Å². The third kappa shape index (κ3) is 2.79. The predicted octanol–water partition coefficient (Wildman–Crippen LogP) is 3.91. The molecule has 104 valence electrons. The second-order valence-corrected chi connectivity index (χ2v) is 6.30. The molecule has 0 amide bonds. The van der Waals surface area contributed by atoms with Crippen LogP contribution in [-0.4, -0.2) is 11.2 Å². The van der Waals surface area contributed by atoms with Gasteiger partial charge in [-0.2, -0.15) is 0 Å². The van der Waals surface area contributed by atoms with E-state index in [1.54, 1.807) is 6.07 Å². The van der Waals surface area contributed by atoms with Gasteiger partial charge in [0.05, 0.1) is 6.10 Å². The van der Waals surface area contributed by atoms with E-state index < -0.39 is 6.10 Å². The highest BCUT2D eigenvalue weighted by atomic mass is 79.9. The van der Waals surface area contributed by atoms with Crippen LogP contribution in [0.1, 0.15) is 16.7 Å². The molecule has 0 radical (unpaired) electrons. The van der Waals surface area contributed by atoms with Crippen LogP contribution < -0.4 is 0 Å². The van der Waals surface area contributed by atoms with Gasteiger partial charge in [-0.05, 0) is 54.0 Å². The first-order valence-electron chi connectivity index (χ1n) is 6.82. The molecule has 1 nitrogen and oxygen atoms in total. The van der Waals surface area contributed by atoms with E-state index in [0.29, 0.717) is 6.42 Å². The highest BCUT2D eigenvalue weighted by Gasteiger charge is 2.27. The molecule has 0 heterocycles. The van der Waals surface area contributed by atoms with Crippen molar-refractivity contribution in [3.63, 3.8) is 0 Å². The Hall–Kier alpha value is -1.19. The second kappa shape index (κ2) is 5.66. The number of rotatable bonds is 3. The smallest absolute Gasteiger partial charge is 0.124 e. The Bertz CT molecular complexity index is 601. The van der Waals surface area contributed by atoms with E-state index in [1.165, 1.54) is 23.3 Å². The average Bonchev–Trinajstić information content (AvgIpc) is 2.86. The predicted molar refractivity (Wildman–Crippen MR) is 81.2 cm³/mol. The Kier molecular flexibility index (Phi) is 3.90. The molecule has 0 bridgehead atoms. The van der Waals surface area contributed by atoms with Crippen LogP contribution >= 0.6 is 15.9 Å². The molecule has 1 aliphatic rings. The molecule has 0 aliphatic heterocycles. The molecule has 3 heteroatoms. The van der Waals surface area contributed by atoms with Crippen molar-refractivity contribution in [2.24, 2.45) is 5.92 Å². The lowest BCUT2D eigenvalue weighted by Crippen LogP contribution is -2.23. The van der Waals surface area contributed by atoms with E-state index in [2.05, 4.69) is 28.1 Å². The molecule has 2 aromatic rings. The van der Waals surface area contributed by atoms with Crippen LogP contribution in [0.25, 0.3) is 0 Å². The average molecular weight is 335 g/mol. The van der Waals surface area contributed by atoms with Gasteiger partial charge < -0.3 is 5.11 Å². The first-order chi connectivity index (χ1) is 9.63. The van der Waals surface area contributed by atoms with E-state index in [0.717, 1.165) is 22.9 Å². The fraction of sp³-hybridized carbons (Fsp3) is 0.294. The summed E-state index contributed by atoms with van der Waals surface area (Å²) in [5.74, 6) is -0.00672. The molecule has 0 saturated heterocycles. The van der Waals surface area contributed by atoms with Gasteiger partial charge in [-0.15, -0.1) is 0 Å². The van der Waals surface area contributed by atoms with Crippen molar-refractivity contribution in [3.05, 3.63) is 69.4 Å². The van der Waals surface area contributed by atoms with Crippen LogP contribution in [0.2, 0.25) is 0 Å². The highest BCUT2D eigenvalue weighted by molar-refractivity contribution is 9.10. The number of hydrogen-bond acceptors (Lipinski definition) is 1. The number of halogens is 2. The van der Waals surface area contributed by atoms with Gasteiger partial charge in [-0.3, -0.25) is 0 Å². The maximum Gasteiger partial charge on any atom is 0.124 e. The van der Waals surface area contributed by atoms with Crippen LogP contribution in [-0.2, 0) is 19.3 Å². The summed E-state index contributed by atoms with van der Waals surface area (Å²) >= 11 is 3.36. The van der Waals surface area contributed by atoms with E-state index >= 15 is 0 Å². The number of aliphatic hydroxyl groups is 1. The Morgan fingerprint density at radius 3 is 2.40 bits per heavy atom. The highest BCUT2D eigenvalue weighted by Crippen LogP contribution is 2.31. The molecular formula is C17H16BrFO. The van der Waals surface area contributed by atoms with Crippen molar-refractivity contribution in [2.45, 2.75) is 25.4 Å². The SMILES string of the molecule is OC(Cc1ccc(F)cc1Br)C1Cc2ccccc2C1. The van der Waals surface area contributed by atoms with Crippen LogP contribution in [0.15, 0.2) is 46.9 Å². The lowest BCUT2D eigenvalue weighted by molar-refractivity contribution is 0.112. The van der Waals surface area contributed by atoms with Crippen molar-refractivity contribution in [1.82, 2.24) is 0 Å². The topological polar surface area (TPSA) is 20.2 Å². The van der Waals surface area contributed by atoms with Crippen LogP contribution in [0.4, 0.5) is 4.39 Å². The minimum Gasteiger partial charge on any atom is -0.392 e. The van der Waals surface area contributed by atoms with Crippen molar-refractivity contribution in [1.29, 1.82) is 0 Å². The van der Waals surface area contributed by atoms with E-state index in [1.807, 2.05) is 12.1 Å². The monoisotopic (exact) mass is 334 g/mol. The molecule has 0 fully saturated rings. The van der Waals surface area contributed by atoms with Crippen LogP contribution in [0.3, 0.4) is 0 Å². The fourth-order valence-electron chi connectivity index (χ4n) is 2.94. The summed E-state index contributed by atoms with van der Waals surface area (Å²) in [6.45, 7) is 0. The first-order valence-corrected chi connectivity index (χ1v) is 7.61. The van der Waals surface area contributed by atoms with Gasteiger partial charge in [0.2, 0.25) is 0 Å². The van der Waals surface area contributed by atoms with Crippen molar-refractivity contribution in [3.8, 4) is 0 Å². The Labute approximate surface area is 126 Å². The molecule has 0 aromatic heterocycles. The molecule has 1 N–H and O–H groups in total. The standard InChI is InChI=1S/C17H16BrFO/c18-16-10-15(19)6-5-13(16)9-17(20)14-7-11-3-1-2-4-12(11)8-14/h1-6,10,14,17,20H,7-9H2. The number of hydrogen-bond donors (Lipinski definition) is 1. The molecule has 2 aromatic carbocycles. The molecule has 1 atom stereocenters. The molecule has 3 rings (SSSR count). The van der Waals surface area contributed by atoms with E-state index in [4.69, 9.17) is 0 Å². The number of aliphatic hydroxyl groups excluding tert-OH is 1. The number of fused-ring (bicyclic) bond motifs is 1. The molecule has 0 saturated carbocycles. The minimum absolute atomic E-state index is 0.254. The van der Waals surface area contributed by atoms with E-state index in [-0.39, 0.29) is 11.7 Å². The summed E-state index contributed by atoms with van der Waals surface area (Å²) in [5.41, 5.74) is 3.64. The second-order valence-electron chi connectivity index (χ2n) is 5.44. The summed E-state index contributed by atoms with van der Waals surface area (Å²) in [7, 11) is 0. The van der Waals surface area contributed by atoms with Gasteiger partial charge >= 0.3 is 0 Å². The zero-order valence-electron chi connectivity index (χ0n) is 11.0. The maximum atomic E-state index is 13.1. The quantitative estimate of drug-likeness (QED) is 0.902. The third-order valence-electron chi connectivity index (χ3n) is 4.07. The first kappa shape index (κ1) is 13.8. The summed E-state index contributed by atoms with van der Waals surface area (Å²) in [4.78, 5) is 0. The van der Waals surface area contributed by atoms with Gasteiger partial charge in [0.25, 0.3) is 0 Å². The summed E-state index contributed by atoms with van der Waals surface area (Å²) in [5, 5.41) is 10.5. The van der Waals surface area contributed by atoms with E-state index in [9.17, 15) is 9.50 Å². The normalized spacial score (nSPS) is 16.1. The van der Waals surface area contributed by atoms with Gasteiger partial charge in [-0.25, -0.2) is 4.39 Å². The molecule has 1 aliphatic carbocycles. The van der Waals surface area contributed by atoms with Gasteiger partial charge in [0.15, 0.2) is 0 Å². The zero-order chi connectivity index (χ0) is 14.1. The Balaban J connectivity index is 1.70. The molecular weight excluding hydrogens is 319 g/mol. The lowest BCUT2D eigenvalue weighted by atomic mass is 9.93. The Morgan fingerprint density at radius 2 is 1.80 bits per heavy atom. The van der Waals surface area contributed by atoms with Crippen LogP contribution in [0, 0.1) is 11.7 Å². The zero-order valence-corrected chi connectivity index (χ0v) is 12.6. The third-order valence-corrected chi connectivity index (χ3v) is 4.81. The summed E-state index contributed by atoms with van der Waals surface area (Å²) in [6, 6.07) is 13.0. The van der Waals surface area contributed by atoms with Crippen molar-refractivity contribution < 1.29 is 9.50 Å². The lowest BCUT2D eigenvalue weighted by Gasteiger charge is -2.18. The summed E-state index contributed by atoms with van der Waals surface area (Å²) < 4.78 is 13.8. The maximum absolute atomic E-state index is 13.1. The van der Waals surface area contributed by atoms with Crippen molar-refractivity contribution in [2.75, 3.05) is 0 Å². The minimum atomic E-state index is -0.399. The molecule has 0 spiro atoms. The molecule has 1 unspecified atom stereocenters. The number of benzene rings is 2. The van der Waals surface area contributed by atoms with Crippen molar-refractivity contribution >= 4 is 15.9 Å². The van der Waals surface area contributed by atoms with Crippen LogP contribution in [0.5, 0.6) is 0 Å². The molecule has 20 heavy (non-hydrogen) atoms. The summed E-state index contributed by atoms with van der Waals surface area (Å²) in [6.07, 6.45) is 2.01. The fourth-order valence-corrected chi connectivity index (χ4v) is 3.46. The largest absolute Gasteiger partial charge is 0.392 e. The Morgan fingerprint density at radius 1 is 1.15 bits per heavy atom.